The molecule has 2 fully saturated rings. The SMILES string of the molecule is CC(C)C(CC1CNN(C)C1)C1NCCCC1C. The molecule has 0 saturated carbocycles. The lowest BCUT2D eigenvalue weighted by molar-refractivity contribution is 0.156. The van der Waals surface area contributed by atoms with Crippen LogP contribution in [0.25, 0.3) is 0 Å². The standard InChI is InChI=1S/C15H31N3/c1-11(2)14(8-13-9-17-18(4)10-13)15-12(3)6-5-7-16-15/h11-17H,5-10H2,1-4H3. The van der Waals surface area contributed by atoms with Crippen LogP contribution in [-0.2, 0) is 0 Å². The molecule has 0 bridgehead atoms. The van der Waals surface area contributed by atoms with Gasteiger partial charge in [-0.25, -0.2) is 5.01 Å². The molecule has 0 aromatic heterocycles. The summed E-state index contributed by atoms with van der Waals surface area (Å²) >= 11 is 0. The average Bonchev–Trinajstić information content (AvgIpc) is 2.73. The molecule has 106 valence electrons. The van der Waals surface area contributed by atoms with Crippen molar-refractivity contribution in [2.45, 2.75) is 46.1 Å². The third-order valence-corrected chi connectivity index (χ3v) is 4.93. The summed E-state index contributed by atoms with van der Waals surface area (Å²) in [7, 11) is 2.16. The van der Waals surface area contributed by atoms with Crippen LogP contribution < -0.4 is 10.7 Å². The van der Waals surface area contributed by atoms with Crippen molar-refractivity contribution < 1.29 is 0 Å². The molecule has 2 rings (SSSR count). The minimum absolute atomic E-state index is 0.740. The molecule has 4 atom stereocenters. The van der Waals surface area contributed by atoms with Crippen LogP contribution in [0.5, 0.6) is 0 Å². The minimum atomic E-state index is 0.740. The predicted molar refractivity (Wildman–Crippen MR) is 77.3 cm³/mol. The lowest BCUT2D eigenvalue weighted by Crippen LogP contribution is -2.47. The topological polar surface area (TPSA) is 27.3 Å². The highest BCUT2D eigenvalue weighted by molar-refractivity contribution is 4.88. The highest BCUT2D eigenvalue weighted by atomic mass is 15.5. The van der Waals surface area contributed by atoms with Crippen molar-refractivity contribution >= 4 is 0 Å². The molecule has 2 heterocycles. The molecule has 2 saturated heterocycles. The number of nitrogens with zero attached hydrogens (tertiary/aromatic N) is 1. The van der Waals surface area contributed by atoms with E-state index in [1.165, 1.54) is 38.9 Å². The number of hydrogen-bond donors (Lipinski definition) is 2. The Bertz CT molecular complexity index is 254. The Kier molecular flexibility index (Phi) is 5.05. The zero-order valence-corrected chi connectivity index (χ0v) is 12.6. The van der Waals surface area contributed by atoms with Gasteiger partial charge < -0.3 is 5.32 Å². The van der Waals surface area contributed by atoms with E-state index in [9.17, 15) is 0 Å². The maximum Gasteiger partial charge on any atom is 0.0168 e. The minimum Gasteiger partial charge on any atom is -0.313 e. The molecule has 4 unspecified atom stereocenters. The van der Waals surface area contributed by atoms with Gasteiger partial charge in [-0.2, -0.15) is 0 Å². The monoisotopic (exact) mass is 253 g/mol. The van der Waals surface area contributed by atoms with Gasteiger partial charge >= 0.3 is 0 Å². The second-order valence-corrected chi connectivity index (χ2v) is 6.85. The Hall–Kier alpha value is -0.120. The van der Waals surface area contributed by atoms with Crippen molar-refractivity contribution in [3.63, 3.8) is 0 Å². The third kappa shape index (κ3) is 3.46. The van der Waals surface area contributed by atoms with Crippen LogP contribution in [0.3, 0.4) is 0 Å². The quantitative estimate of drug-likeness (QED) is 0.803. The fraction of sp³-hybridized carbons (Fsp3) is 1.00. The van der Waals surface area contributed by atoms with E-state index in [0.717, 1.165) is 29.7 Å². The van der Waals surface area contributed by atoms with Gasteiger partial charge in [0.05, 0.1) is 0 Å². The van der Waals surface area contributed by atoms with Gasteiger partial charge in [0.25, 0.3) is 0 Å². The van der Waals surface area contributed by atoms with Crippen LogP contribution in [0.15, 0.2) is 0 Å². The summed E-state index contributed by atoms with van der Waals surface area (Å²) < 4.78 is 0. The Morgan fingerprint density at radius 3 is 2.67 bits per heavy atom. The van der Waals surface area contributed by atoms with Crippen LogP contribution in [0.1, 0.15) is 40.0 Å². The van der Waals surface area contributed by atoms with E-state index in [-0.39, 0.29) is 0 Å². The number of rotatable bonds is 4. The van der Waals surface area contributed by atoms with E-state index >= 15 is 0 Å². The van der Waals surface area contributed by atoms with Crippen LogP contribution in [0, 0.1) is 23.7 Å². The van der Waals surface area contributed by atoms with Crippen molar-refractivity contribution in [1.29, 1.82) is 0 Å². The number of hydrogen-bond acceptors (Lipinski definition) is 3. The Morgan fingerprint density at radius 1 is 1.33 bits per heavy atom. The molecule has 0 amide bonds. The van der Waals surface area contributed by atoms with Crippen molar-refractivity contribution in [2.75, 3.05) is 26.7 Å². The van der Waals surface area contributed by atoms with E-state index in [4.69, 9.17) is 0 Å². The van der Waals surface area contributed by atoms with E-state index < -0.39 is 0 Å². The summed E-state index contributed by atoms with van der Waals surface area (Å²) in [4.78, 5) is 0. The molecule has 2 aliphatic heterocycles. The summed E-state index contributed by atoms with van der Waals surface area (Å²) in [5, 5.41) is 6.05. The van der Waals surface area contributed by atoms with Crippen molar-refractivity contribution in [1.82, 2.24) is 15.8 Å². The largest absolute Gasteiger partial charge is 0.313 e. The van der Waals surface area contributed by atoms with Gasteiger partial charge in [0, 0.05) is 26.2 Å². The van der Waals surface area contributed by atoms with Crippen LogP contribution in [-0.4, -0.2) is 37.7 Å². The van der Waals surface area contributed by atoms with Gasteiger partial charge in [0.1, 0.15) is 0 Å². The van der Waals surface area contributed by atoms with E-state index in [0.29, 0.717) is 0 Å². The van der Waals surface area contributed by atoms with Gasteiger partial charge in [0.15, 0.2) is 0 Å². The Morgan fingerprint density at radius 2 is 2.11 bits per heavy atom. The molecule has 0 radical (unpaired) electrons. The van der Waals surface area contributed by atoms with E-state index in [2.05, 4.69) is 43.6 Å². The average molecular weight is 253 g/mol. The first-order chi connectivity index (χ1) is 8.58. The predicted octanol–water partition coefficient (Wildman–Crippen LogP) is 2.10. The van der Waals surface area contributed by atoms with Gasteiger partial charge in [-0.3, -0.25) is 5.43 Å². The molecule has 3 heteroatoms. The highest BCUT2D eigenvalue weighted by Crippen LogP contribution is 2.32. The maximum absolute atomic E-state index is 3.80. The summed E-state index contributed by atoms with van der Waals surface area (Å²) in [5.74, 6) is 3.30. The van der Waals surface area contributed by atoms with Gasteiger partial charge in [-0.05, 0) is 49.5 Å². The highest BCUT2D eigenvalue weighted by Gasteiger charge is 2.33. The third-order valence-electron chi connectivity index (χ3n) is 4.93. The summed E-state index contributed by atoms with van der Waals surface area (Å²) in [6.45, 7) is 10.8. The molecule has 0 spiro atoms. The first-order valence-electron chi connectivity index (χ1n) is 7.76. The van der Waals surface area contributed by atoms with Crippen molar-refractivity contribution in [2.24, 2.45) is 23.7 Å². The second kappa shape index (κ2) is 6.36. The summed E-state index contributed by atoms with van der Waals surface area (Å²) in [6.07, 6.45) is 4.14. The molecular weight excluding hydrogens is 222 g/mol. The normalized spacial score (nSPS) is 36.2. The smallest absolute Gasteiger partial charge is 0.0168 e. The summed E-state index contributed by atoms with van der Waals surface area (Å²) in [5.41, 5.74) is 3.44. The zero-order valence-electron chi connectivity index (χ0n) is 12.6. The van der Waals surface area contributed by atoms with Crippen LogP contribution >= 0.6 is 0 Å². The Balaban J connectivity index is 1.94. The van der Waals surface area contributed by atoms with E-state index in [1.54, 1.807) is 0 Å². The maximum atomic E-state index is 3.80. The molecular formula is C15H31N3. The van der Waals surface area contributed by atoms with Gasteiger partial charge in [-0.1, -0.05) is 20.8 Å². The van der Waals surface area contributed by atoms with Crippen LogP contribution in [0.4, 0.5) is 0 Å². The molecule has 0 aromatic carbocycles. The molecule has 18 heavy (non-hydrogen) atoms. The van der Waals surface area contributed by atoms with Gasteiger partial charge in [-0.15, -0.1) is 0 Å². The molecule has 3 nitrogen and oxygen atoms in total. The fourth-order valence-corrected chi connectivity index (χ4v) is 3.82. The fourth-order valence-electron chi connectivity index (χ4n) is 3.82. The lowest BCUT2D eigenvalue weighted by Gasteiger charge is -2.39. The number of nitrogens with one attached hydrogen (secondary N) is 2. The first-order valence-corrected chi connectivity index (χ1v) is 7.76. The molecule has 2 N–H and O–H groups in total. The lowest BCUT2D eigenvalue weighted by atomic mass is 9.74. The van der Waals surface area contributed by atoms with E-state index in [1.807, 2.05) is 0 Å². The van der Waals surface area contributed by atoms with Crippen LogP contribution in [0.2, 0.25) is 0 Å². The van der Waals surface area contributed by atoms with Gasteiger partial charge in [0.2, 0.25) is 0 Å². The molecule has 2 aliphatic rings. The van der Waals surface area contributed by atoms with Crippen molar-refractivity contribution in [3.8, 4) is 0 Å². The number of piperidine rings is 1. The summed E-state index contributed by atoms with van der Waals surface area (Å²) in [6, 6.07) is 0.740. The first kappa shape index (κ1) is 14.3. The number of hydrazine groups is 1. The Labute approximate surface area is 113 Å². The molecule has 0 aliphatic carbocycles. The zero-order chi connectivity index (χ0) is 13.1. The second-order valence-electron chi connectivity index (χ2n) is 6.85. The van der Waals surface area contributed by atoms with Crippen molar-refractivity contribution in [3.05, 3.63) is 0 Å². The molecule has 0 aromatic rings.